The number of hydrogen-bond donors (Lipinski definition) is 0. The maximum atomic E-state index is 12.0. The number of rotatable bonds is 5. The molecule has 0 aromatic heterocycles. The van der Waals surface area contributed by atoms with E-state index in [0.717, 1.165) is 24.3 Å². The van der Waals surface area contributed by atoms with Gasteiger partial charge in [0.2, 0.25) is 0 Å². The molecule has 98 valence electrons. The molecule has 0 saturated carbocycles. The van der Waals surface area contributed by atoms with Crippen LogP contribution in [0, 0.1) is 0 Å². The van der Waals surface area contributed by atoms with E-state index in [0.29, 0.717) is 11.0 Å². The Labute approximate surface area is 112 Å². The third-order valence-corrected chi connectivity index (χ3v) is 4.62. The molecule has 1 aliphatic rings. The van der Waals surface area contributed by atoms with Crippen molar-refractivity contribution in [3.05, 3.63) is 29.8 Å². The average molecular weight is 266 g/mol. The lowest BCUT2D eigenvalue weighted by Crippen LogP contribution is -2.16. The zero-order valence-corrected chi connectivity index (χ0v) is 11.5. The molecule has 0 bridgehead atoms. The highest BCUT2D eigenvalue weighted by Crippen LogP contribution is 2.26. The van der Waals surface area contributed by atoms with Gasteiger partial charge in [-0.15, -0.1) is 11.8 Å². The summed E-state index contributed by atoms with van der Waals surface area (Å²) in [5.41, 5.74) is 0.745. The second-order valence-corrected chi connectivity index (χ2v) is 5.59. The third-order valence-electron chi connectivity index (χ3n) is 3.15. The minimum Gasteiger partial charge on any atom is -0.497 e. The molecule has 0 N–H and O–H groups in total. The number of carbonyl (C=O) groups is 1. The van der Waals surface area contributed by atoms with Gasteiger partial charge in [0.15, 0.2) is 5.78 Å². The van der Waals surface area contributed by atoms with Gasteiger partial charge in [-0.05, 0) is 37.6 Å². The number of hydrogen-bond acceptors (Lipinski definition) is 4. The van der Waals surface area contributed by atoms with E-state index in [4.69, 9.17) is 9.47 Å². The van der Waals surface area contributed by atoms with Crippen molar-refractivity contribution in [3.63, 3.8) is 0 Å². The molecule has 2 unspecified atom stereocenters. The molecule has 2 rings (SSSR count). The van der Waals surface area contributed by atoms with Crippen molar-refractivity contribution in [2.45, 2.75) is 24.7 Å². The largest absolute Gasteiger partial charge is 0.497 e. The minimum atomic E-state index is 0.168. The summed E-state index contributed by atoms with van der Waals surface area (Å²) < 4.78 is 10.6. The Balaban J connectivity index is 1.87. The fourth-order valence-electron chi connectivity index (χ4n) is 1.97. The summed E-state index contributed by atoms with van der Waals surface area (Å²) in [5, 5.41) is 0.451. The van der Waals surface area contributed by atoms with E-state index in [-0.39, 0.29) is 11.9 Å². The minimum absolute atomic E-state index is 0.168. The smallest absolute Gasteiger partial charge is 0.172 e. The van der Waals surface area contributed by atoms with Crippen molar-refractivity contribution in [1.29, 1.82) is 0 Å². The Morgan fingerprint density at radius 3 is 2.72 bits per heavy atom. The molecule has 1 aromatic carbocycles. The summed E-state index contributed by atoms with van der Waals surface area (Å²) in [6.45, 7) is 2.89. The lowest BCUT2D eigenvalue weighted by atomic mass is 10.1. The summed E-state index contributed by atoms with van der Waals surface area (Å²) in [4.78, 5) is 12.0. The number of thioether (sulfide) groups is 1. The van der Waals surface area contributed by atoms with Gasteiger partial charge in [0.1, 0.15) is 5.75 Å². The molecule has 1 heterocycles. The van der Waals surface area contributed by atoms with Gasteiger partial charge < -0.3 is 9.47 Å². The van der Waals surface area contributed by atoms with Crippen LogP contribution in [-0.2, 0) is 4.74 Å². The van der Waals surface area contributed by atoms with Crippen LogP contribution in [0.5, 0.6) is 5.75 Å². The van der Waals surface area contributed by atoms with E-state index in [1.807, 2.05) is 24.3 Å². The van der Waals surface area contributed by atoms with Gasteiger partial charge in [0, 0.05) is 17.4 Å². The Morgan fingerprint density at radius 2 is 2.17 bits per heavy atom. The fraction of sp³-hybridized carbons (Fsp3) is 0.500. The normalized spacial score (nSPS) is 23.0. The first-order valence-electron chi connectivity index (χ1n) is 6.11. The van der Waals surface area contributed by atoms with Crippen molar-refractivity contribution >= 4 is 17.5 Å². The van der Waals surface area contributed by atoms with E-state index >= 15 is 0 Å². The molecule has 0 aliphatic carbocycles. The van der Waals surface area contributed by atoms with Gasteiger partial charge in [-0.25, -0.2) is 0 Å². The molecule has 1 aliphatic heterocycles. The lowest BCUT2D eigenvalue weighted by molar-refractivity contribution is 0.102. The lowest BCUT2D eigenvalue weighted by Gasteiger charge is -2.12. The highest BCUT2D eigenvalue weighted by atomic mass is 32.2. The van der Waals surface area contributed by atoms with Crippen LogP contribution in [0.2, 0.25) is 0 Å². The van der Waals surface area contributed by atoms with E-state index in [1.165, 1.54) is 0 Å². The Morgan fingerprint density at radius 1 is 1.44 bits per heavy atom. The molecule has 1 saturated heterocycles. The van der Waals surface area contributed by atoms with E-state index < -0.39 is 0 Å². The first kappa shape index (κ1) is 13.4. The second-order valence-electron chi connectivity index (χ2n) is 4.37. The zero-order chi connectivity index (χ0) is 13.0. The molecule has 1 fully saturated rings. The summed E-state index contributed by atoms with van der Waals surface area (Å²) in [6.07, 6.45) is 1.31. The maximum absolute atomic E-state index is 12.0. The van der Waals surface area contributed by atoms with Gasteiger partial charge in [0.05, 0.1) is 19.0 Å². The standard InChI is InChI=1S/C14H18O3S/c1-10-14(7-8-17-10)18-9-13(15)11-3-5-12(16-2)6-4-11/h3-6,10,14H,7-9H2,1-2H3. The first-order valence-corrected chi connectivity index (χ1v) is 7.16. The van der Waals surface area contributed by atoms with Crippen LogP contribution >= 0.6 is 11.8 Å². The molecule has 0 radical (unpaired) electrons. The van der Waals surface area contributed by atoms with E-state index in [2.05, 4.69) is 6.92 Å². The molecule has 2 atom stereocenters. The number of ketones is 1. The molecule has 0 spiro atoms. The molecular formula is C14H18O3S. The van der Waals surface area contributed by atoms with Crippen LogP contribution in [0.1, 0.15) is 23.7 Å². The van der Waals surface area contributed by atoms with Crippen LogP contribution in [0.4, 0.5) is 0 Å². The van der Waals surface area contributed by atoms with E-state index in [9.17, 15) is 4.79 Å². The van der Waals surface area contributed by atoms with Crippen molar-refractivity contribution in [2.75, 3.05) is 19.5 Å². The monoisotopic (exact) mass is 266 g/mol. The summed E-state index contributed by atoms with van der Waals surface area (Å²) in [5.74, 6) is 1.46. The van der Waals surface area contributed by atoms with Gasteiger partial charge in [0.25, 0.3) is 0 Å². The highest BCUT2D eigenvalue weighted by molar-refractivity contribution is 8.00. The number of Topliss-reactive ketones (excluding diaryl/α,β-unsaturated/α-hetero) is 1. The second kappa shape index (κ2) is 6.25. The topological polar surface area (TPSA) is 35.5 Å². The zero-order valence-electron chi connectivity index (χ0n) is 10.7. The predicted molar refractivity (Wildman–Crippen MR) is 73.6 cm³/mol. The fourth-order valence-corrected chi connectivity index (χ4v) is 3.12. The van der Waals surface area contributed by atoms with Crippen molar-refractivity contribution in [3.8, 4) is 5.75 Å². The maximum Gasteiger partial charge on any atom is 0.172 e. The molecule has 4 heteroatoms. The quantitative estimate of drug-likeness (QED) is 0.768. The number of ether oxygens (including phenoxy) is 2. The Hall–Kier alpha value is -1.00. The van der Waals surface area contributed by atoms with Gasteiger partial charge >= 0.3 is 0 Å². The van der Waals surface area contributed by atoms with Crippen LogP contribution in [-0.4, -0.2) is 36.6 Å². The number of benzene rings is 1. The summed E-state index contributed by atoms with van der Waals surface area (Å²) in [7, 11) is 1.62. The van der Waals surface area contributed by atoms with Crippen molar-refractivity contribution < 1.29 is 14.3 Å². The van der Waals surface area contributed by atoms with Gasteiger partial charge in [-0.3, -0.25) is 4.79 Å². The Bertz CT molecular complexity index is 402. The SMILES string of the molecule is COc1ccc(C(=O)CSC2CCOC2C)cc1. The first-order chi connectivity index (χ1) is 8.70. The van der Waals surface area contributed by atoms with Crippen LogP contribution in [0.25, 0.3) is 0 Å². The van der Waals surface area contributed by atoms with Crippen molar-refractivity contribution in [1.82, 2.24) is 0 Å². The predicted octanol–water partition coefficient (Wildman–Crippen LogP) is 2.79. The van der Waals surface area contributed by atoms with Crippen LogP contribution < -0.4 is 4.74 Å². The van der Waals surface area contributed by atoms with Gasteiger partial charge in [-0.1, -0.05) is 0 Å². The molecule has 18 heavy (non-hydrogen) atoms. The number of methoxy groups -OCH3 is 1. The van der Waals surface area contributed by atoms with Crippen molar-refractivity contribution in [2.24, 2.45) is 0 Å². The molecular weight excluding hydrogens is 248 g/mol. The van der Waals surface area contributed by atoms with Crippen LogP contribution in [0.3, 0.4) is 0 Å². The van der Waals surface area contributed by atoms with E-state index in [1.54, 1.807) is 18.9 Å². The summed E-state index contributed by atoms with van der Waals surface area (Å²) in [6, 6.07) is 7.27. The number of carbonyl (C=O) groups excluding carboxylic acids is 1. The Kier molecular flexibility index (Phi) is 4.66. The van der Waals surface area contributed by atoms with Crippen LogP contribution in [0.15, 0.2) is 24.3 Å². The summed E-state index contributed by atoms with van der Waals surface area (Å²) >= 11 is 1.70. The average Bonchev–Trinajstić information content (AvgIpc) is 2.81. The molecule has 0 amide bonds. The molecule has 1 aromatic rings. The highest BCUT2D eigenvalue weighted by Gasteiger charge is 2.25. The van der Waals surface area contributed by atoms with Gasteiger partial charge in [-0.2, -0.15) is 0 Å². The third kappa shape index (κ3) is 3.27. The molecule has 3 nitrogen and oxygen atoms in total.